The van der Waals surface area contributed by atoms with Crippen molar-refractivity contribution in [1.29, 1.82) is 0 Å². The highest BCUT2D eigenvalue weighted by atomic mass is 16.6. The molecule has 1 aromatic rings. The summed E-state index contributed by atoms with van der Waals surface area (Å²) in [4.78, 5) is 37.7. The van der Waals surface area contributed by atoms with E-state index in [0.29, 0.717) is 6.61 Å². The van der Waals surface area contributed by atoms with E-state index >= 15 is 0 Å². The molecular weight excluding hydrogens is 266 g/mol. The molecule has 8 heteroatoms. The number of amides is 3. The fraction of sp³-hybridized carbons (Fsp3) is 0.333. The molecule has 1 aromatic heterocycles. The van der Waals surface area contributed by atoms with Gasteiger partial charge >= 0.3 is 12.0 Å². The summed E-state index contributed by atoms with van der Waals surface area (Å²) in [6.07, 6.45) is 0.287. The van der Waals surface area contributed by atoms with Gasteiger partial charge in [0.05, 0.1) is 6.61 Å². The van der Waals surface area contributed by atoms with Crippen LogP contribution in [0.15, 0.2) is 18.3 Å². The molecule has 1 rings (SSSR count). The molecule has 0 unspecified atom stereocenters. The van der Waals surface area contributed by atoms with Crippen molar-refractivity contribution in [3.05, 3.63) is 23.9 Å². The van der Waals surface area contributed by atoms with Gasteiger partial charge in [-0.3, -0.25) is 10.1 Å². The molecule has 0 aliphatic carbocycles. The third-order valence-electron chi connectivity index (χ3n) is 2.17. The van der Waals surface area contributed by atoms with E-state index in [1.165, 1.54) is 25.3 Å². The number of urea groups is 1. The Morgan fingerprint density at radius 2 is 2.15 bits per heavy atom. The fourth-order valence-corrected chi connectivity index (χ4v) is 1.30. The van der Waals surface area contributed by atoms with Gasteiger partial charge in [0.25, 0.3) is 5.91 Å². The van der Waals surface area contributed by atoms with Gasteiger partial charge in [-0.05, 0) is 26.0 Å². The number of nitrogens with two attached hydrogens (primary N) is 1. The lowest BCUT2D eigenvalue weighted by Gasteiger charge is -2.13. The number of nitrogens with zero attached hydrogens (tertiary/aromatic N) is 1. The minimum atomic E-state index is -1.18. The number of pyridine rings is 1. The highest BCUT2D eigenvalue weighted by Crippen LogP contribution is 2.16. The van der Waals surface area contributed by atoms with Gasteiger partial charge in [-0.2, -0.15) is 0 Å². The van der Waals surface area contributed by atoms with Gasteiger partial charge < -0.3 is 15.2 Å². The Morgan fingerprint density at radius 1 is 1.45 bits per heavy atom. The predicted octanol–water partition coefficient (Wildman–Crippen LogP) is 0.220. The van der Waals surface area contributed by atoms with Gasteiger partial charge in [0.1, 0.15) is 5.56 Å². The number of imide groups is 1. The zero-order valence-electron chi connectivity index (χ0n) is 11.1. The maximum Gasteiger partial charge on any atom is 0.344 e. The zero-order chi connectivity index (χ0) is 15.1. The van der Waals surface area contributed by atoms with Crippen molar-refractivity contribution >= 4 is 17.9 Å². The van der Waals surface area contributed by atoms with Crippen molar-refractivity contribution in [3.63, 3.8) is 0 Å². The van der Waals surface area contributed by atoms with Crippen LogP contribution in [0.5, 0.6) is 5.88 Å². The van der Waals surface area contributed by atoms with Crippen molar-refractivity contribution < 1.29 is 23.9 Å². The van der Waals surface area contributed by atoms with Gasteiger partial charge in [-0.15, -0.1) is 0 Å². The minimum absolute atomic E-state index is 0.0908. The number of nitrogens with one attached hydrogen (secondary N) is 1. The molecule has 0 radical (unpaired) electrons. The van der Waals surface area contributed by atoms with Crippen molar-refractivity contribution in [2.24, 2.45) is 5.73 Å². The number of aromatic nitrogens is 1. The Kier molecular flexibility index (Phi) is 5.45. The Hall–Kier alpha value is -2.64. The molecule has 0 aliphatic heterocycles. The molecule has 1 atom stereocenters. The van der Waals surface area contributed by atoms with E-state index < -0.39 is 24.0 Å². The van der Waals surface area contributed by atoms with Crippen LogP contribution in [0.1, 0.15) is 24.2 Å². The van der Waals surface area contributed by atoms with E-state index in [0.717, 1.165) is 0 Å². The lowest BCUT2D eigenvalue weighted by molar-refractivity contribution is -0.127. The van der Waals surface area contributed by atoms with Crippen LogP contribution in [0.25, 0.3) is 0 Å². The Bertz CT molecular complexity index is 518. The van der Waals surface area contributed by atoms with Gasteiger partial charge in [0.2, 0.25) is 5.88 Å². The Morgan fingerprint density at radius 3 is 2.75 bits per heavy atom. The van der Waals surface area contributed by atoms with Gasteiger partial charge in [-0.25, -0.2) is 14.6 Å². The topological polar surface area (TPSA) is 121 Å². The maximum absolute atomic E-state index is 11.9. The zero-order valence-corrected chi connectivity index (χ0v) is 11.1. The summed E-state index contributed by atoms with van der Waals surface area (Å²) < 4.78 is 10.1. The van der Waals surface area contributed by atoms with Crippen molar-refractivity contribution in [3.8, 4) is 5.88 Å². The van der Waals surface area contributed by atoms with E-state index in [9.17, 15) is 14.4 Å². The first-order chi connectivity index (χ1) is 9.45. The van der Waals surface area contributed by atoms with E-state index in [1.807, 2.05) is 5.32 Å². The van der Waals surface area contributed by atoms with Crippen LogP contribution in [0.4, 0.5) is 4.79 Å². The molecule has 1 heterocycles. The predicted molar refractivity (Wildman–Crippen MR) is 68.0 cm³/mol. The lowest BCUT2D eigenvalue weighted by Crippen LogP contribution is -2.42. The quantitative estimate of drug-likeness (QED) is 0.745. The monoisotopic (exact) mass is 281 g/mol. The fourth-order valence-electron chi connectivity index (χ4n) is 1.30. The highest BCUT2D eigenvalue weighted by molar-refractivity contribution is 5.98. The summed E-state index contributed by atoms with van der Waals surface area (Å²) in [5.74, 6) is -1.48. The number of carbonyl (C=O) groups is 3. The molecular formula is C12H15N3O5. The van der Waals surface area contributed by atoms with Crippen LogP contribution in [0.3, 0.4) is 0 Å². The molecule has 0 spiro atoms. The first-order valence-electron chi connectivity index (χ1n) is 5.84. The summed E-state index contributed by atoms with van der Waals surface area (Å²) in [6.45, 7) is 3.38. The summed E-state index contributed by atoms with van der Waals surface area (Å²) >= 11 is 0. The summed E-state index contributed by atoms with van der Waals surface area (Å²) in [5.41, 5.74) is 4.89. The second kappa shape index (κ2) is 7.07. The minimum Gasteiger partial charge on any atom is -0.477 e. The molecule has 0 fully saturated rings. The SMILES string of the molecule is CCOc1ncccc1C(=O)O[C@H](C)C(=O)NC(N)=O. The van der Waals surface area contributed by atoms with E-state index in [4.69, 9.17) is 15.2 Å². The molecule has 0 saturated heterocycles. The number of hydrogen-bond acceptors (Lipinski definition) is 6. The average molecular weight is 281 g/mol. The van der Waals surface area contributed by atoms with Gasteiger partial charge in [0.15, 0.2) is 6.10 Å². The molecule has 0 aromatic carbocycles. The van der Waals surface area contributed by atoms with Crippen molar-refractivity contribution in [2.45, 2.75) is 20.0 Å². The van der Waals surface area contributed by atoms with E-state index in [2.05, 4.69) is 4.98 Å². The van der Waals surface area contributed by atoms with Crippen LogP contribution >= 0.6 is 0 Å². The van der Waals surface area contributed by atoms with Crippen LogP contribution in [-0.2, 0) is 9.53 Å². The van der Waals surface area contributed by atoms with Gasteiger partial charge in [-0.1, -0.05) is 0 Å². The molecule has 0 bridgehead atoms. The maximum atomic E-state index is 11.9. The summed E-state index contributed by atoms with van der Waals surface area (Å²) in [5, 5.41) is 1.81. The first kappa shape index (κ1) is 15.4. The largest absolute Gasteiger partial charge is 0.477 e. The van der Waals surface area contributed by atoms with Crippen LogP contribution in [0.2, 0.25) is 0 Å². The smallest absolute Gasteiger partial charge is 0.344 e. The summed E-state index contributed by atoms with van der Waals surface area (Å²) in [6, 6.07) is 1.97. The van der Waals surface area contributed by atoms with Gasteiger partial charge in [0, 0.05) is 6.20 Å². The molecule has 0 saturated carbocycles. The second-order valence-electron chi connectivity index (χ2n) is 3.69. The number of rotatable bonds is 5. The molecule has 108 valence electrons. The van der Waals surface area contributed by atoms with Crippen LogP contribution in [-0.4, -0.2) is 35.6 Å². The van der Waals surface area contributed by atoms with E-state index in [-0.39, 0.29) is 11.4 Å². The first-order valence-corrected chi connectivity index (χ1v) is 5.84. The highest BCUT2D eigenvalue weighted by Gasteiger charge is 2.22. The molecule has 3 amide bonds. The second-order valence-corrected chi connectivity index (χ2v) is 3.69. The standard InChI is InChI=1S/C12H15N3O5/c1-3-19-10-8(5-4-6-14-10)11(17)20-7(2)9(16)15-12(13)18/h4-7H,3H2,1-2H3,(H3,13,15,16,18)/t7-/m1/s1. The Labute approximate surface area is 115 Å². The molecule has 0 aliphatic rings. The number of esters is 1. The molecule has 8 nitrogen and oxygen atoms in total. The van der Waals surface area contributed by atoms with Crippen LogP contribution < -0.4 is 15.8 Å². The normalized spacial score (nSPS) is 11.3. The summed E-state index contributed by atoms with van der Waals surface area (Å²) in [7, 11) is 0. The number of ether oxygens (including phenoxy) is 2. The lowest BCUT2D eigenvalue weighted by atomic mass is 10.2. The van der Waals surface area contributed by atoms with Crippen LogP contribution in [0, 0.1) is 0 Å². The van der Waals surface area contributed by atoms with Crippen molar-refractivity contribution in [2.75, 3.05) is 6.61 Å². The third-order valence-corrected chi connectivity index (χ3v) is 2.17. The van der Waals surface area contributed by atoms with Crippen molar-refractivity contribution in [1.82, 2.24) is 10.3 Å². The molecule has 20 heavy (non-hydrogen) atoms. The number of primary amides is 1. The van der Waals surface area contributed by atoms with E-state index in [1.54, 1.807) is 6.92 Å². The number of carbonyl (C=O) groups excluding carboxylic acids is 3. The number of hydrogen-bond donors (Lipinski definition) is 2. The third kappa shape index (κ3) is 4.23. The Balaban J connectivity index is 2.76. The average Bonchev–Trinajstić information content (AvgIpc) is 2.38. The molecule has 3 N–H and O–H groups in total.